The number of aliphatic hydroxyl groups is 1. The van der Waals surface area contributed by atoms with E-state index in [-0.39, 0.29) is 6.61 Å². The number of aromatic nitrogens is 1. The Bertz CT molecular complexity index is 505. The summed E-state index contributed by atoms with van der Waals surface area (Å²) in [5, 5.41) is 9.93. The molecule has 1 aromatic carbocycles. The third-order valence-electron chi connectivity index (χ3n) is 2.90. The number of pyridine rings is 1. The highest BCUT2D eigenvalue weighted by molar-refractivity contribution is 6.31. The molecular weight excluding hydrogens is 260 g/mol. The third-order valence-corrected chi connectivity index (χ3v) is 3.27. The van der Waals surface area contributed by atoms with Crippen LogP contribution in [0.5, 0.6) is 0 Å². The Hall–Kier alpha value is -1.42. The molecule has 0 atom stereocenters. The predicted octanol–water partition coefficient (Wildman–Crippen LogP) is 2.73. The molecule has 1 heterocycles. The maximum atomic E-state index is 9.17. The molecule has 0 radical (unpaired) electrons. The fourth-order valence-electron chi connectivity index (χ4n) is 1.97. The van der Waals surface area contributed by atoms with Crippen LogP contribution in [0.15, 0.2) is 48.8 Å². The molecule has 0 aliphatic carbocycles. The number of benzene rings is 1. The lowest BCUT2D eigenvalue weighted by Crippen LogP contribution is -2.26. The zero-order chi connectivity index (χ0) is 13.5. The molecular formula is C15H17ClN2O. The van der Waals surface area contributed by atoms with Crippen LogP contribution in [0.1, 0.15) is 11.1 Å². The molecule has 1 N–H and O–H groups in total. The standard InChI is InChI=1S/C15H17ClN2O/c16-15-6-2-1-5-14(15)12-18(8-9-19)11-13-4-3-7-17-10-13/h1-7,10,19H,8-9,11-12H2. The lowest BCUT2D eigenvalue weighted by atomic mass is 10.2. The minimum Gasteiger partial charge on any atom is -0.395 e. The quantitative estimate of drug-likeness (QED) is 0.881. The fraction of sp³-hybridized carbons (Fsp3) is 0.267. The van der Waals surface area contributed by atoms with Crippen molar-refractivity contribution in [1.82, 2.24) is 9.88 Å². The first-order valence-corrected chi connectivity index (χ1v) is 6.63. The molecule has 19 heavy (non-hydrogen) atoms. The molecule has 0 bridgehead atoms. The van der Waals surface area contributed by atoms with Crippen LogP contribution in [0, 0.1) is 0 Å². The lowest BCUT2D eigenvalue weighted by molar-refractivity contribution is 0.184. The Morgan fingerprint density at radius 2 is 1.95 bits per heavy atom. The van der Waals surface area contributed by atoms with Gasteiger partial charge in [0.25, 0.3) is 0 Å². The van der Waals surface area contributed by atoms with Gasteiger partial charge in [0.15, 0.2) is 0 Å². The zero-order valence-corrected chi connectivity index (χ0v) is 11.4. The van der Waals surface area contributed by atoms with Crippen LogP contribution in [0.2, 0.25) is 5.02 Å². The van der Waals surface area contributed by atoms with E-state index in [9.17, 15) is 5.11 Å². The van der Waals surface area contributed by atoms with Gasteiger partial charge in [-0.25, -0.2) is 0 Å². The largest absolute Gasteiger partial charge is 0.395 e. The second-order valence-corrected chi connectivity index (χ2v) is 4.79. The van der Waals surface area contributed by atoms with E-state index < -0.39 is 0 Å². The molecule has 0 unspecified atom stereocenters. The van der Waals surface area contributed by atoms with Crippen LogP contribution >= 0.6 is 11.6 Å². The first-order chi connectivity index (χ1) is 9.29. The van der Waals surface area contributed by atoms with E-state index >= 15 is 0 Å². The van der Waals surface area contributed by atoms with Crippen LogP contribution in [0.25, 0.3) is 0 Å². The van der Waals surface area contributed by atoms with E-state index in [1.165, 1.54) is 0 Å². The van der Waals surface area contributed by atoms with Gasteiger partial charge in [-0.2, -0.15) is 0 Å². The number of halogens is 1. The van der Waals surface area contributed by atoms with Gasteiger partial charge in [0.1, 0.15) is 0 Å². The molecule has 0 saturated heterocycles. The van der Waals surface area contributed by atoms with E-state index in [1.54, 1.807) is 6.20 Å². The molecule has 2 aromatic rings. The summed E-state index contributed by atoms with van der Waals surface area (Å²) < 4.78 is 0. The van der Waals surface area contributed by atoms with E-state index in [1.807, 2.05) is 42.6 Å². The first kappa shape index (κ1) is 14.0. The third kappa shape index (κ3) is 4.31. The van der Waals surface area contributed by atoms with Crippen LogP contribution in [-0.2, 0) is 13.1 Å². The van der Waals surface area contributed by atoms with Gasteiger partial charge in [0.2, 0.25) is 0 Å². The normalized spacial score (nSPS) is 10.9. The Morgan fingerprint density at radius 3 is 2.63 bits per heavy atom. The van der Waals surface area contributed by atoms with E-state index in [0.29, 0.717) is 6.54 Å². The maximum Gasteiger partial charge on any atom is 0.0558 e. The van der Waals surface area contributed by atoms with Gasteiger partial charge in [-0.15, -0.1) is 0 Å². The van der Waals surface area contributed by atoms with Crippen LogP contribution in [0.3, 0.4) is 0 Å². The van der Waals surface area contributed by atoms with E-state index in [0.717, 1.165) is 29.2 Å². The molecule has 0 aliphatic rings. The molecule has 3 nitrogen and oxygen atoms in total. The Labute approximate surface area is 118 Å². The fourth-order valence-corrected chi connectivity index (χ4v) is 2.17. The molecule has 100 valence electrons. The van der Waals surface area contributed by atoms with Gasteiger partial charge < -0.3 is 5.11 Å². The van der Waals surface area contributed by atoms with Gasteiger partial charge in [0.05, 0.1) is 6.61 Å². The van der Waals surface area contributed by atoms with Crippen molar-refractivity contribution in [3.8, 4) is 0 Å². The lowest BCUT2D eigenvalue weighted by Gasteiger charge is -2.21. The summed E-state index contributed by atoms with van der Waals surface area (Å²) in [5.74, 6) is 0. The molecule has 0 fully saturated rings. The van der Waals surface area contributed by atoms with Gasteiger partial charge >= 0.3 is 0 Å². The zero-order valence-electron chi connectivity index (χ0n) is 10.7. The van der Waals surface area contributed by atoms with Crippen molar-refractivity contribution in [3.05, 3.63) is 64.9 Å². The summed E-state index contributed by atoms with van der Waals surface area (Å²) in [4.78, 5) is 6.26. The van der Waals surface area contributed by atoms with Crippen molar-refractivity contribution in [2.75, 3.05) is 13.2 Å². The van der Waals surface area contributed by atoms with Crippen LogP contribution < -0.4 is 0 Å². The van der Waals surface area contributed by atoms with Crippen molar-refractivity contribution in [2.24, 2.45) is 0 Å². The molecule has 1 aromatic heterocycles. The monoisotopic (exact) mass is 276 g/mol. The second-order valence-electron chi connectivity index (χ2n) is 4.39. The van der Waals surface area contributed by atoms with Gasteiger partial charge in [-0.3, -0.25) is 9.88 Å². The number of rotatable bonds is 6. The average molecular weight is 277 g/mol. The van der Waals surface area contributed by atoms with Crippen molar-refractivity contribution in [1.29, 1.82) is 0 Å². The predicted molar refractivity (Wildman–Crippen MR) is 76.9 cm³/mol. The number of hydrogen-bond donors (Lipinski definition) is 1. The second kappa shape index (κ2) is 7.24. The Balaban J connectivity index is 2.06. The summed E-state index contributed by atoms with van der Waals surface area (Å²) in [6, 6.07) is 11.7. The summed E-state index contributed by atoms with van der Waals surface area (Å²) in [6.45, 7) is 2.21. The Morgan fingerprint density at radius 1 is 1.11 bits per heavy atom. The molecule has 0 aliphatic heterocycles. The minimum absolute atomic E-state index is 0.130. The SMILES string of the molecule is OCCN(Cc1cccnc1)Cc1ccccc1Cl. The number of nitrogens with zero attached hydrogens (tertiary/aromatic N) is 2. The molecule has 0 spiro atoms. The smallest absolute Gasteiger partial charge is 0.0558 e. The van der Waals surface area contributed by atoms with Gasteiger partial charge in [-0.1, -0.05) is 35.9 Å². The number of hydrogen-bond acceptors (Lipinski definition) is 3. The summed E-state index contributed by atoms with van der Waals surface area (Å²) in [7, 11) is 0. The Kier molecular flexibility index (Phi) is 5.33. The average Bonchev–Trinajstić information content (AvgIpc) is 2.43. The topological polar surface area (TPSA) is 36.4 Å². The van der Waals surface area contributed by atoms with Crippen molar-refractivity contribution < 1.29 is 5.11 Å². The van der Waals surface area contributed by atoms with E-state index in [2.05, 4.69) is 9.88 Å². The highest BCUT2D eigenvalue weighted by Gasteiger charge is 2.08. The highest BCUT2D eigenvalue weighted by atomic mass is 35.5. The van der Waals surface area contributed by atoms with Gasteiger partial charge in [0, 0.05) is 37.1 Å². The number of aliphatic hydroxyl groups excluding tert-OH is 1. The summed E-state index contributed by atoms with van der Waals surface area (Å²) in [5.41, 5.74) is 2.20. The van der Waals surface area contributed by atoms with Crippen molar-refractivity contribution >= 4 is 11.6 Å². The van der Waals surface area contributed by atoms with Gasteiger partial charge in [-0.05, 0) is 23.3 Å². The van der Waals surface area contributed by atoms with Crippen LogP contribution in [-0.4, -0.2) is 28.1 Å². The minimum atomic E-state index is 0.130. The first-order valence-electron chi connectivity index (χ1n) is 6.25. The molecule has 0 saturated carbocycles. The summed E-state index contributed by atoms with van der Waals surface area (Å²) >= 11 is 6.17. The maximum absolute atomic E-state index is 9.17. The van der Waals surface area contributed by atoms with Crippen molar-refractivity contribution in [3.63, 3.8) is 0 Å². The molecule has 0 amide bonds. The molecule has 2 rings (SSSR count). The van der Waals surface area contributed by atoms with Crippen LogP contribution in [0.4, 0.5) is 0 Å². The highest BCUT2D eigenvalue weighted by Crippen LogP contribution is 2.18. The molecule has 4 heteroatoms. The van der Waals surface area contributed by atoms with Crippen molar-refractivity contribution in [2.45, 2.75) is 13.1 Å². The van der Waals surface area contributed by atoms with E-state index in [4.69, 9.17) is 11.6 Å². The summed E-state index contributed by atoms with van der Waals surface area (Å²) in [6.07, 6.45) is 3.60.